The Labute approximate surface area is 110 Å². The molecular weight excluding hydrogens is 224 g/mol. The topological polar surface area (TPSA) is 41.1 Å². The summed E-state index contributed by atoms with van der Waals surface area (Å²) in [5.74, 6) is 2.95. The van der Waals surface area contributed by atoms with Crippen LogP contribution in [0.1, 0.15) is 44.9 Å². The molecule has 0 unspecified atom stereocenters. The van der Waals surface area contributed by atoms with Crippen molar-refractivity contribution in [1.29, 1.82) is 0 Å². The minimum absolute atomic E-state index is 0.0361. The average molecular weight is 250 g/mol. The van der Waals surface area contributed by atoms with Crippen molar-refractivity contribution >= 4 is 5.91 Å². The van der Waals surface area contributed by atoms with Crippen LogP contribution >= 0.6 is 0 Å². The minimum Gasteiger partial charge on any atom is -0.356 e. The minimum atomic E-state index is 0.0361. The van der Waals surface area contributed by atoms with Gasteiger partial charge in [0.2, 0.25) is 5.91 Å². The quantitative estimate of drug-likeness (QED) is 0.732. The Hall–Kier alpha value is -0.570. The summed E-state index contributed by atoms with van der Waals surface area (Å²) in [6.07, 6.45) is 8.80. The van der Waals surface area contributed by atoms with Crippen LogP contribution in [0.4, 0.5) is 0 Å². The molecule has 0 aromatic heterocycles. The van der Waals surface area contributed by atoms with Gasteiger partial charge in [0.15, 0.2) is 0 Å². The molecular formula is C15H26N2O. The number of carbonyl (C=O) groups excluding carboxylic acids is 1. The van der Waals surface area contributed by atoms with Gasteiger partial charge in [-0.25, -0.2) is 0 Å². The Balaban J connectivity index is 1.59. The highest BCUT2D eigenvalue weighted by molar-refractivity contribution is 5.83. The highest BCUT2D eigenvalue weighted by Crippen LogP contribution is 2.60. The molecule has 0 atom stereocenters. The van der Waals surface area contributed by atoms with Crippen LogP contribution in [0.25, 0.3) is 0 Å². The summed E-state index contributed by atoms with van der Waals surface area (Å²) < 4.78 is 0. The van der Waals surface area contributed by atoms with E-state index in [2.05, 4.69) is 10.6 Å². The van der Waals surface area contributed by atoms with Crippen molar-refractivity contribution in [3.8, 4) is 0 Å². The van der Waals surface area contributed by atoms with E-state index in [0.29, 0.717) is 5.91 Å². The third kappa shape index (κ3) is 2.18. The maximum atomic E-state index is 12.5. The molecule has 2 N–H and O–H groups in total. The van der Waals surface area contributed by atoms with Crippen molar-refractivity contribution < 1.29 is 4.79 Å². The molecule has 4 aliphatic rings. The molecule has 0 heterocycles. The largest absolute Gasteiger partial charge is 0.356 e. The smallest absolute Gasteiger partial charge is 0.226 e. The SMILES string of the molecule is CNCCCNC(=O)C12CC3CC(CC(C3)C1)C2. The summed E-state index contributed by atoms with van der Waals surface area (Å²) in [7, 11) is 1.96. The fraction of sp³-hybridized carbons (Fsp3) is 0.933. The van der Waals surface area contributed by atoms with Gasteiger partial charge in [-0.2, -0.15) is 0 Å². The van der Waals surface area contributed by atoms with Crippen molar-refractivity contribution in [2.75, 3.05) is 20.1 Å². The van der Waals surface area contributed by atoms with Crippen LogP contribution in [0, 0.1) is 23.2 Å². The van der Waals surface area contributed by atoms with E-state index in [1.165, 1.54) is 38.5 Å². The lowest BCUT2D eigenvalue weighted by atomic mass is 9.49. The Morgan fingerprint density at radius 2 is 1.61 bits per heavy atom. The van der Waals surface area contributed by atoms with Gasteiger partial charge in [0.1, 0.15) is 0 Å². The van der Waals surface area contributed by atoms with E-state index < -0.39 is 0 Å². The second kappa shape index (κ2) is 4.84. The van der Waals surface area contributed by atoms with Gasteiger partial charge < -0.3 is 10.6 Å². The number of hydrogen-bond donors (Lipinski definition) is 2. The number of rotatable bonds is 5. The molecule has 0 saturated heterocycles. The maximum absolute atomic E-state index is 12.5. The van der Waals surface area contributed by atoms with Crippen molar-refractivity contribution in [3.05, 3.63) is 0 Å². The summed E-state index contributed by atoms with van der Waals surface area (Å²) in [4.78, 5) is 12.5. The number of nitrogens with one attached hydrogen (secondary N) is 2. The van der Waals surface area contributed by atoms with Gasteiger partial charge in [-0.05, 0) is 76.3 Å². The first-order valence-electron chi connectivity index (χ1n) is 7.65. The molecule has 102 valence electrons. The zero-order chi connectivity index (χ0) is 12.6. The normalized spacial score (nSPS) is 41.1. The Bertz CT molecular complexity index is 291. The Morgan fingerprint density at radius 3 is 2.11 bits per heavy atom. The fourth-order valence-electron chi connectivity index (χ4n) is 5.04. The second-order valence-corrected chi connectivity index (χ2v) is 6.91. The van der Waals surface area contributed by atoms with E-state index in [0.717, 1.165) is 37.3 Å². The van der Waals surface area contributed by atoms with Gasteiger partial charge in [0.25, 0.3) is 0 Å². The molecule has 0 aromatic rings. The first-order chi connectivity index (χ1) is 8.72. The summed E-state index contributed by atoms with van der Waals surface area (Å²) in [5.41, 5.74) is 0.0361. The van der Waals surface area contributed by atoms with Crippen LogP contribution in [-0.2, 0) is 4.79 Å². The van der Waals surface area contributed by atoms with Crippen molar-refractivity contribution in [2.24, 2.45) is 23.2 Å². The lowest BCUT2D eigenvalue weighted by Gasteiger charge is -2.55. The van der Waals surface area contributed by atoms with Crippen LogP contribution in [0.3, 0.4) is 0 Å². The summed E-state index contributed by atoms with van der Waals surface area (Å²) in [6.45, 7) is 1.82. The molecule has 4 aliphatic carbocycles. The molecule has 18 heavy (non-hydrogen) atoms. The zero-order valence-electron chi connectivity index (χ0n) is 11.5. The van der Waals surface area contributed by atoms with Gasteiger partial charge >= 0.3 is 0 Å². The second-order valence-electron chi connectivity index (χ2n) is 6.91. The molecule has 0 aliphatic heterocycles. The van der Waals surface area contributed by atoms with E-state index in [-0.39, 0.29) is 5.41 Å². The molecule has 4 rings (SSSR count). The third-order valence-electron chi connectivity index (χ3n) is 5.41. The van der Waals surface area contributed by atoms with Crippen LogP contribution in [-0.4, -0.2) is 26.0 Å². The van der Waals surface area contributed by atoms with Gasteiger partial charge in [0, 0.05) is 12.0 Å². The van der Waals surface area contributed by atoms with E-state index in [1.807, 2.05) is 7.05 Å². The Kier molecular flexibility index (Phi) is 3.35. The predicted molar refractivity (Wildman–Crippen MR) is 72.2 cm³/mol. The molecule has 4 fully saturated rings. The number of amides is 1. The van der Waals surface area contributed by atoms with Crippen molar-refractivity contribution in [1.82, 2.24) is 10.6 Å². The molecule has 0 spiro atoms. The lowest BCUT2D eigenvalue weighted by molar-refractivity contribution is -0.146. The fourth-order valence-corrected chi connectivity index (χ4v) is 5.04. The highest BCUT2D eigenvalue weighted by atomic mass is 16.2. The van der Waals surface area contributed by atoms with E-state index in [9.17, 15) is 4.79 Å². The molecule has 3 heteroatoms. The van der Waals surface area contributed by atoms with E-state index >= 15 is 0 Å². The molecule has 0 aromatic carbocycles. The highest BCUT2D eigenvalue weighted by Gasteiger charge is 2.54. The molecule has 4 saturated carbocycles. The number of carbonyl (C=O) groups is 1. The average Bonchev–Trinajstić information content (AvgIpc) is 2.32. The summed E-state index contributed by atoms with van der Waals surface area (Å²) in [6, 6.07) is 0. The van der Waals surface area contributed by atoms with Crippen LogP contribution in [0.5, 0.6) is 0 Å². The summed E-state index contributed by atoms with van der Waals surface area (Å²) in [5, 5.41) is 6.32. The molecule has 1 amide bonds. The monoisotopic (exact) mass is 250 g/mol. The first-order valence-corrected chi connectivity index (χ1v) is 7.65. The van der Waals surface area contributed by atoms with Crippen molar-refractivity contribution in [3.63, 3.8) is 0 Å². The van der Waals surface area contributed by atoms with Gasteiger partial charge in [0.05, 0.1) is 0 Å². The summed E-state index contributed by atoms with van der Waals surface area (Å²) >= 11 is 0. The first kappa shape index (κ1) is 12.5. The predicted octanol–water partition coefficient (Wildman–Crippen LogP) is 1.93. The molecule has 3 nitrogen and oxygen atoms in total. The van der Waals surface area contributed by atoms with Gasteiger partial charge in [-0.15, -0.1) is 0 Å². The standard InChI is InChI=1S/C15H26N2O/c1-16-3-2-4-17-14(18)15-8-11-5-12(9-15)7-13(6-11)10-15/h11-13,16H,2-10H2,1H3,(H,17,18). The van der Waals surface area contributed by atoms with Crippen LogP contribution in [0.15, 0.2) is 0 Å². The molecule has 0 radical (unpaired) electrons. The van der Waals surface area contributed by atoms with E-state index in [4.69, 9.17) is 0 Å². The number of hydrogen-bond acceptors (Lipinski definition) is 2. The zero-order valence-corrected chi connectivity index (χ0v) is 11.5. The van der Waals surface area contributed by atoms with E-state index in [1.54, 1.807) is 0 Å². The van der Waals surface area contributed by atoms with Gasteiger partial charge in [-0.1, -0.05) is 0 Å². The maximum Gasteiger partial charge on any atom is 0.226 e. The van der Waals surface area contributed by atoms with Crippen LogP contribution < -0.4 is 10.6 Å². The van der Waals surface area contributed by atoms with Crippen LogP contribution in [0.2, 0.25) is 0 Å². The van der Waals surface area contributed by atoms with Crippen molar-refractivity contribution in [2.45, 2.75) is 44.9 Å². The van der Waals surface area contributed by atoms with Gasteiger partial charge in [-0.3, -0.25) is 4.79 Å². The lowest BCUT2D eigenvalue weighted by Crippen LogP contribution is -2.53. The third-order valence-corrected chi connectivity index (χ3v) is 5.41. The molecule has 4 bridgehead atoms. The Morgan fingerprint density at radius 1 is 1.06 bits per heavy atom.